The summed E-state index contributed by atoms with van der Waals surface area (Å²) in [6.07, 6.45) is -33.0. The maximum absolute atomic E-state index is 11.9. The van der Waals surface area contributed by atoms with E-state index in [0.29, 0.717) is 25.6 Å². The number of rotatable bonds is 23. The van der Waals surface area contributed by atoms with E-state index in [1.165, 1.54) is 0 Å². The number of aliphatic hydroxyl groups excluding tert-OH is 12. The van der Waals surface area contributed by atoms with Gasteiger partial charge < -0.3 is 119 Å². The molecule has 0 aliphatic carbocycles. The SMILES string of the molecule is CC(=O)N[C@H]1[C@H](O[C@H]2[C@@H](O)[C@@H](CO)O[C@H](O[C@@H]3[C@H](O)[C@@H](O)[C@H](O[C@H]4[C@H](O)[C@@H](O)[C@H](OCCOCCOCCOCCS)O[C@@H]4CO)O[C@@H]3CO)[C@@H]2O)O[C@H](CO)[C@H](O)[C@@H]1O. The van der Waals surface area contributed by atoms with Crippen LogP contribution in [0.1, 0.15) is 6.92 Å². The fraction of sp³-hybridized carbons (Fsp3) is 0.971. The van der Waals surface area contributed by atoms with Gasteiger partial charge in [0.05, 0.1) is 72.7 Å². The fourth-order valence-electron chi connectivity index (χ4n) is 6.90. The van der Waals surface area contributed by atoms with Crippen LogP contribution in [0.5, 0.6) is 0 Å². The topological polar surface area (TPSA) is 373 Å². The first-order valence-electron chi connectivity index (χ1n) is 19.4. The largest absolute Gasteiger partial charge is 0.394 e. The van der Waals surface area contributed by atoms with Crippen molar-refractivity contribution in [2.24, 2.45) is 0 Å². The zero-order chi connectivity index (χ0) is 44.1. The molecule has 0 aromatic rings. The molecule has 0 radical (unpaired) electrons. The van der Waals surface area contributed by atoms with E-state index in [1.54, 1.807) is 0 Å². The molecule has 4 heterocycles. The number of ether oxygens (including phenoxy) is 11. The number of carbonyl (C=O) groups excluding carboxylic acids is 1. The molecular weight excluding hydrogens is 838 g/mol. The highest BCUT2D eigenvalue weighted by atomic mass is 32.1. The lowest BCUT2D eigenvalue weighted by molar-refractivity contribution is -0.386. The summed E-state index contributed by atoms with van der Waals surface area (Å²) in [6, 6.07) is -1.50. The summed E-state index contributed by atoms with van der Waals surface area (Å²) in [5.74, 6) is -0.0939. The van der Waals surface area contributed by atoms with Crippen molar-refractivity contribution in [3.63, 3.8) is 0 Å². The minimum Gasteiger partial charge on any atom is -0.394 e. The van der Waals surface area contributed by atoms with Gasteiger partial charge in [0.25, 0.3) is 0 Å². The van der Waals surface area contributed by atoms with Crippen LogP contribution < -0.4 is 5.32 Å². The summed E-state index contributed by atoms with van der Waals surface area (Å²) in [5, 5.41) is 130. The van der Waals surface area contributed by atoms with Crippen LogP contribution in [0.25, 0.3) is 0 Å². The number of carbonyl (C=O) groups is 1. The average molecular weight is 900 g/mol. The van der Waals surface area contributed by atoms with Gasteiger partial charge in [-0.3, -0.25) is 4.79 Å². The van der Waals surface area contributed by atoms with Crippen molar-refractivity contribution >= 4 is 18.5 Å². The zero-order valence-corrected chi connectivity index (χ0v) is 33.6. The lowest BCUT2D eigenvalue weighted by Crippen LogP contribution is -2.69. The second kappa shape index (κ2) is 25.4. The minimum atomic E-state index is -2.04. The molecule has 4 saturated heterocycles. The molecule has 0 spiro atoms. The number of hydrogen-bond donors (Lipinski definition) is 14. The van der Waals surface area contributed by atoms with E-state index in [-0.39, 0.29) is 26.4 Å². The monoisotopic (exact) mass is 899 g/mol. The van der Waals surface area contributed by atoms with Crippen LogP contribution in [-0.4, -0.2) is 268 Å². The van der Waals surface area contributed by atoms with Crippen LogP contribution in [0, 0.1) is 0 Å². The summed E-state index contributed by atoms with van der Waals surface area (Å²) in [4.78, 5) is 11.9. The Labute approximate surface area is 349 Å². The summed E-state index contributed by atoms with van der Waals surface area (Å²) < 4.78 is 61.1. The Morgan fingerprint density at radius 3 is 1.42 bits per heavy atom. The molecule has 0 aromatic carbocycles. The predicted molar refractivity (Wildman–Crippen MR) is 196 cm³/mol. The van der Waals surface area contributed by atoms with Gasteiger partial charge in [-0.1, -0.05) is 0 Å². The maximum Gasteiger partial charge on any atom is 0.217 e. The van der Waals surface area contributed by atoms with Crippen LogP contribution in [0.3, 0.4) is 0 Å². The van der Waals surface area contributed by atoms with Gasteiger partial charge in [-0.25, -0.2) is 0 Å². The standard InChI is InChI=1S/C34H61NO24S/c1-14(40)35-19-22(43)20(41)15(10-36)53-31(19)59-30-21(42)16(11-37)54-34(27(30)48)58-29-18(13-39)56-33(26(47)24(29)45)57-28-17(12-38)55-32(25(46)23(28)44)52-7-6-50-3-2-49-4-5-51-8-9-60/h15-34,36-39,41-48,60H,2-13H2,1H3,(H,35,40)/t15-,16-,17-,18-,19-,20+,21+,22-,23-,24-,25-,26-,27-,28-,29+,30+,31+,32-,33+,34-/m1/s1. The predicted octanol–water partition coefficient (Wildman–Crippen LogP) is -8.60. The molecule has 4 aliphatic rings. The molecular formula is C34H61NO24S. The summed E-state index contributed by atoms with van der Waals surface area (Å²) in [6.45, 7) is -0.534. The maximum atomic E-state index is 11.9. The Hall–Kier alpha value is -1.10. The second-order valence-corrected chi connectivity index (χ2v) is 14.7. The van der Waals surface area contributed by atoms with Crippen LogP contribution in [-0.2, 0) is 56.9 Å². The van der Waals surface area contributed by atoms with Gasteiger partial charge in [0, 0.05) is 12.7 Å². The highest BCUT2D eigenvalue weighted by Crippen LogP contribution is 2.34. The zero-order valence-electron chi connectivity index (χ0n) is 32.7. The van der Waals surface area contributed by atoms with E-state index in [0.717, 1.165) is 6.92 Å². The fourth-order valence-corrected chi connectivity index (χ4v) is 7.03. The van der Waals surface area contributed by atoms with Crippen molar-refractivity contribution in [2.45, 2.75) is 130 Å². The molecule has 25 nitrogen and oxygen atoms in total. The Morgan fingerprint density at radius 1 is 0.483 bits per heavy atom. The third-order valence-electron chi connectivity index (χ3n) is 10.1. The minimum absolute atomic E-state index is 0.0593. The molecule has 0 aromatic heterocycles. The summed E-state index contributed by atoms with van der Waals surface area (Å²) >= 11 is 4.04. The first-order valence-corrected chi connectivity index (χ1v) is 20.0. The number of aliphatic hydroxyl groups is 12. The van der Waals surface area contributed by atoms with Crippen molar-refractivity contribution in [1.82, 2.24) is 5.32 Å². The molecule has 4 rings (SSSR count). The van der Waals surface area contributed by atoms with Gasteiger partial charge in [0.1, 0.15) is 97.6 Å². The first-order chi connectivity index (χ1) is 28.7. The Bertz CT molecular complexity index is 1230. The highest BCUT2D eigenvalue weighted by Gasteiger charge is 2.55. The highest BCUT2D eigenvalue weighted by molar-refractivity contribution is 7.80. The van der Waals surface area contributed by atoms with Crippen molar-refractivity contribution in [3.8, 4) is 0 Å². The molecule has 352 valence electrons. The number of hydrogen-bond acceptors (Lipinski definition) is 25. The van der Waals surface area contributed by atoms with Gasteiger partial charge in [0.15, 0.2) is 25.2 Å². The average Bonchev–Trinajstić information content (AvgIpc) is 3.23. The van der Waals surface area contributed by atoms with Gasteiger partial charge in [-0.2, -0.15) is 12.6 Å². The van der Waals surface area contributed by atoms with Crippen LogP contribution in [0.4, 0.5) is 0 Å². The molecule has 0 unspecified atom stereocenters. The third-order valence-corrected chi connectivity index (χ3v) is 10.3. The molecule has 4 fully saturated rings. The summed E-state index contributed by atoms with van der Waals surface area (Å²) in [5.41, 5.74) is 0. The van der Waals surface area contributed by atoms with E-state index in [4.69, 9.17) is 52.1 Å². The molecule has 1 amide bonds. The Morgan fingerprint density at radius 2 is 0.900 bits per heavy atom. The van der Waals surface area contributed by atoms with Gasteiger partial charge >= 0.3 is 0 Å². The second-order valence-electron chi connectivity index (χ2n) is 14.3. The Kier molecular flexibility index (Phi) is 21.8. The first kappa shape index (κ1) is 51.5. The van der Waals surface area contributed by atoms with E-state index in [2.05, 4.69) is 17.9 Å². The van der Waals surface area contributed by atoms with E-state index >= 15 is 0 Å². The molecule has 4 aliphatic heterocycles. The number of thiol groups is 1. The van der Waals surface area contributed by atoms with Gasteiger partial charge in [-0.15, -0.1) is 0 Å². The van der Waals surface area contributed by atoms with Crippen LogP contribution in [0.2, 0.25) is 0 Å². The van der Waals surface area contributed by atoms with Gasteiger partial charge in [-0.05, 0) is 0 Å². The quantitative estimate of drug-likeness (QED) is 0.0334. The van der Waals surface area contributed by atoms with Crippen molar-refractivity contribution < 1.29 is 118 Å². The van der Waals surface area contributed by atoms with Crippen LogP contribution in [0.15, 0.2) is 0 Å². The van der Waals surface area contributed by atoms with Crippen LogP contribution >= 0.6 is 12.6 Å². The van der Waals surface area contributed by atoms with Crippen molar-refractivity contribution in [1.29, 1.82) is 0 Å². The molecule has 0 bridgehead atoms. The normalized spacial score (nSPS) is 42.6. The van der Waals surface area contributed by atoms with E-state index in [9.17, 15) is 66.1 Å². The smallest absolute Gasteiger partial charge is 0.217 e. The number of amides is 1. The lowest BCUT2D eigenvalue weighted by atomic mass is 9.95. The lowest BCUT2D eigenvalue weighted by Gasteiger charge is -2.49. The molecule has 13 N–H and O–H groups in total. The van der Waals surface area contributed by atoms with Crippen molar-refractivity contribution in [2.75, 3.05) is 78.4 Å². The third kappa shape index (κ3) is 13.2. The van der Waals surface area contributed by atoms with Crippen molar-refractivity contribution in [3.05, 3.63) is 0 Å². The molecule has 60 heavy (non-hydrogen) atoms. The van der Waals surface area contributed by atoms with Gasteiger partial charge in [0.2, 0.25) is 5.91 Å². The van der Waals surface area contributed by atoms with E-state index < -0.39 is 155 Å². The molecule has 20 atom stereocenters. The molecule has 0 saturated carbocycles. The number of nitrogens with one attached hydrogen (secondary N) is 1. The molecule has 26 heteroatoms. The summed E-state index contributed by atoms with van der Waals surface area (Å²) in [7, 11) is 0. The van der Waals surface area contributed by atoms with E-state index in [1.807, 2.05) is 0 Å². The Balaban J connectivity index is 1.36.